The summed E-state index contributed by atoms with van der Waals surface area (Å²) in [4.78, 5) is 15.7. The number of alkyl halides is 3. The van der Waals surface area contributed by atoms with E-state index in [-0.39, 0.29) is 11.9 Å². The Morgan fingerprint density at radius 3 is 2.52 bits per heavy atom. The van der Waals surface area contributed by atoms with E-state index in [9.17, 15) is 18.0 Å². The zero-order valence-electron chi connectivity index (χ0n) is 13.7. The van der Waals surface area contributed by atoms with E-state index >= 15 is 0 Å². The number of likely N-dealkylation sites (N-methyl/N-ethyl adjacent to an activating group) is 1. The zero-order chi connectivity index (χ0) is 18.2. The van der Waals surface area contributed by atoms with Crippen molar-refractivity contribution in [3.63, 3.8) is 0 Å². The lowest BCUT2D eigenvalue weighted by Gasteiger charge is -2.36. The van der Waals surface area contributed by atoms with Gasteiger partial charge in [-0.2, -0.15) is 17.9 Å². The summed E-state index contributed by atoms with van der Waals surface area (Å²) in [5.41, 5.74) is -0.301. The molecule has 7 nitrogen and oxygen atoms in total. The molecule has 1 aromatic heterocycles. The van der Waals surface area contributed by atoms with Crippen molar-refractivity contribution in [2.24, 2.45) is 0 Å². The molecule has 25 heavy (non-hydrogen) atoms. The van der Waals surface area contributed by atoms with E-state index in [0.29, 0.717) is 31.1 Å². The molecule has 134 valence electrons. The number of carbonyl (C=O) groups is 1. The predicted octanol–water partition coefficient (Wildman–Crippen LogP) is 1.34. The van der Waals surface area contributed by atoms with Gasteiger partial charge < -0.3 is 4.90 Å². The highest BCUT2D eigenvalue weighted by Crippen LogP contribution is 2.29. The van der Waals surface area contributed by atoms with E-state index in [0.717, 1.165) is 12.1 Å². The fraction of sp³-hybridized carbons (Fsp3) is 0.467. The second-order valence-corrected chi connectivity index (χ2v) is 5.96. The first-order chi connectivity index (χ1) is 11.8. The van der Waals surface area contributed by atoms with Crippen molar-refractivity contribution in [1.82, 2.24) is 30.0 Å². The number of tetrazole rings is 1. The van der Waals surface area contributed by atoms with Gasteiger partial charge in [-0.3, -0.25) is 9.69 Å². The molecule has 1 fully saturated rings. The quantitative estimate of drug-likeness (QED) is 0.832. The topological polar surface area (TPSA) is 67.2 Å². The normalized spacial score (nSPS) is 19.5. The molecule has 0 N–H and O–H groups in total. The summed E-state index contributed by atoms with van der Waals surface area (Å²) in [7, 11) is 1.75. The maximum absolute atomic E-state index is 12.7. The molecule has 2 aromatic rings. The Kier molecular flexibility index (Phi) is 4.46. The molecule has 1 atom stereocenters. The lowest BCUT2D eigenvalue weighted by atomic mass is 10.2. The van der Waals surface area contributed by atoms with Gasteiger partial charge in [0.15, 0.2) is 5.82 Å². The van der Waals surface area contributed by atoms with Crippen LogP contribution in [0.2, 0.25) is 0 Å². The van der Waals surface area contributed by atoms with Crippen LogP contribution < -0.4 is 0 Å². The fourth-order valence-electron chi connectivity index (χ4n) is 2.75. The lowest BCUT2D eigenvalue weighted by molar-refractivity contribution is -0.139. The number of benzene rings is 1. The van der Waals surface area contributed by atoms with Crippen molar-refractivity contribution >= 4 is 5.91 Å². The largest absolute Gasteiger partial charge is 0.416 e. The highest BCUT2D eigenvalue weighted by molar-refractivity contribution is 5.81. The summed E-state index contributed by atoms with van der Waals surface area (Å²) >= 11 is 0. The Morgan fingerprint density at radius 2 is 1.88 bits per heavy atom. The van der Waals surface area contributed by atoms with Crippen LogP contribution in [-0.4, -0.2) is 62.1 Å². The van der Waals surface area contributed by atoms with Crippen LogP contribution in [0.15, 0.2) is 24.3 Å². The molecule has 0 saturated carbocycles. The van der Waals surface area contributed by atoms with Crippen LogP contribution in [0.3, 0.4) is 0 Å². The Hall–Kier alpha value is -2.49. The first-order valence-corrected chi connectivity index (χ1v) is 7.71. The van der Waals surface area contributed by atoms with E-state index in [2.05, 4.69) is 15.5 Å². The van der Waals surface area contributed by atoms with Crippen molar-refractivity contribution in [3.05, 3.63) is 35.7 Å². The Balaban J connectivity index is 1.80. The Bertz CT molecular complexity index is 757. The summed E-state index contributed by atoms with van der Waals surface area (Å²) < 4.78 is 39.4. The molecular formula is C15H17F3N6O. The van der Waals surface area contributed by atoms with Gasteiger partial charge in [0, 0.05) is 20.1 Å². The predicted molar refractivity (Wildman–Crippen MR) is 81.7 cm³/mol. The molecule has 0 spiro atoms. The van der Waals surface area contributed by atoms with E-state index in [1.54, 1.807) is 11.9 Å². The zero-order valence-corrected chi connectivity index (χ0v) is 13.7. The number of aromatic nitrogens is 4. The number of hydrogen-bond acceptors (Lipinski definition) is 5. The molecule has 1 aromatic carbocycles. The van der Waals surface area contributed by atoms with Gasteiger partial charge in [0.2, 0.25) is 5.91 Å². The number of amides is 1. The monoisotopic (exact) mass is 354 g/mol. The number of rotatable bonds is 3. The van der Waals surface area contributed by atoms with Gasteiger partial charge in [-0.15, -0.1) is 5.10 Å². The van der Waals surface area contributed by atoms with Crippen LogP contribution in [0.4, 0.5) is 13.2 Å². The Labute approximate surface area is 142 Å². The maximum atomic E-state index is 12.7. The van der Waals surface area contributed by atoms with Gasteiger partial charge in [0.05, 0.1) is 23.8 Å². The highest BCUT2D eigenvalue weighted by atomic mass is 19.4. The summed E-state index contributed by atoms with van der Waals surface area (Å²) in [5.74, 6) is 0.476. The van der Waals surface area contributed by atoms with Crippen LogP contribution in [0, 0.1) is 0 Å². The standard InChI is InChI=1S/C15H17F3N6O/c1-10-14(25)22(2)7-8-23(10)9-13-19-20-21-24(13)12-5-3-11(4-6-12)15(16,17)18/h3-6,10H,7-9H2,1-2H3/t10-/m0/s1. The smallest absolute Gasteiger partial charge is 0.343 e. The molecule has 0 aliphatic carbocycles. The van der Waals surface area contributed by atoms with Crippen molar-refractivity contribution in [1.29, 1.82) is 0 Å². The highest BCUT2D eigenvalue weighted by Gasteiger charge is 2.31. The summed E-state index contributed by atoms with van der Waals surface area (Å²) in [5, 5.41) is 11.4. The van der Waals surface area contributed by atoms with Crippen molar-refractivity contribution in [2.75, 3.05) is 20.1 Å². The summed E-state index contributed by atoms with van der Waals surface area (Å²) in [6.45, 7) is 3.41. The van der Waals surface area contributed by atoms with E-state index < -0.39 is 11.7 Å². The number of halogens is 3. The van der Waals surface area contributed by atoms with Crippen LogP contribution in [0.5, 0.6) is 0 Å². The van der Waals surface area contributed by atoms with Gasteiger partial charge in [0.25, 0.3) is 0 Å². The fourth-order valence-corrected chi connectivity index (χ4v) is 2.75. The molecule has 1 aliphatic rings. The van der Waals surface area contributed by atoms with Crippen molar-refractivity contribution in [3.8, 4) is 5.69 Å². The number of hydrogen-bond donors (Lipinski definition) is 0. The molecule has 10 heteroatoms. The average molecular weight is 354 g/mol. The third kappa shape index (κ3) is 3.48. The SMILES string of the molecule is C[C@H]1C(=O)N(C)CCN1Cc1nnnn1-c1ccc(C(F)(F)F)cc1. The average Bonchev–Trinajstić information content (AvgIpc) is 3.03. The van der Waals surface area contributed by atoms with Crippen LogP contribution in [-0.2, 0) is 17.5 Å². The lowest BCUT2D eigenvalue weighted by Crippen LogP contribution is -2.54. The third-order valence-electron chi connectivity index (χ3n) is 4.32. The van der Waals surface area contributed by atoms with Crippen molar-refractivity contribution < 1.29 is 18.0 Å². The molecular weight excluding hydrogens is 337 g/mol. The van der Waals surface area contributed by atoms with Gasteiger partial charge in [-0.1, -0.05) is 0 Å². The number of carbonyl (C=O) groups excluding carboxylic acids is 1. The molecule has 2 heterocycles. The minimum Gasteiger partial charge on any atom is -0.343 e. The first kappa shape index (κ1) is 17.3. The van der Waals surface area contributed by atoms with Crippen LogP contribution in [0.25, 0.3) is 5.69 Å². The molecule has 0 bridgehead atoms. The first-order valence-electron chi connectivity index (χ1n) is 7.71. The number of piperazine rings is 1. The van der Waals surface area contributed by atoms with Gasteiger partial charge in [-0.25, -0.2) is 0 Å². The van der Waals surface area contributed by atoms with E-state index in [4.69, 9.17) is 0 Å². The van der Waals surface area contributed by atoms with E-state index in [1.807, 2.05) is 11.8 Å². The number of nitrogens with zero attached hydrogens (tertiary/aromatic N) is 6. The van der Waals surface area contributed by atoms with E-state index in [1.165, 1.54) is 16.8 Å². The molecule has 1 saturated heterocycles. The third-order valence-corrected chi connectivity index (χ3v) is 4.32. The second kappa shape index (κ2) is 6.43. The second-order valence-electron chi connectivity index (χ2n) is 5.96. The molecule has 0 unspecified atom stereocenters. The molecule has 1 amide bonds. The minimum atomic E-state index is -4.39. The van der Waals surface area contributed by atoms with Crippen molar-refractivity contribution in [2.45, 2.75) is 25.7 Å². The molecule has 0 radical (unpaired) electrons. The summed E-state index contributed by atoms with van der Waals surface area (Å²) in [6, 6.07) is 4.31. The maximum Gasteiger partial charge on any atom is 0.416 e. The van der Waals surface area contributed by atoms with Crippen LogP contribution >= 0.6 is 0 Å². The molecule has 1 aliphatic heterocycles. The minimum absolute atomic E-state index is 0.0137. The summed E-state index contributed by atoms with van der Waals surface area (Å²) in [6.07, 6.45) is -4.39. The van der Waals surface area contributed by atoms with Crippen LogP contribution in [0.1, 0.15) is 18.3 Å². The van der Waals surface area contributed by atoms with Gasteiger partial charge in [-0.05, 0) is 41.6 Å². The van der Waals surface area contributed by atoms with Gasteiger partial charge >= 0.3 is 6.18 Å². The Morgan fingerprint density at radius 1 is 1.20 bits per heavy atom. The molecule has 3 rings (SSSR count). The van der Waals surface area contributed by atoms with Gasteiger partial charge in [0.1, 0.15) is 0 Å².